The highest BCUT2D eigenvalue weighted by molar-refractivity contribution is 5.94. The van der Waals surface area contributed by atoms with Crippen molar-refractivity contribution in [1.82, 2.24) is 24.1 Å². The van der Waals surface area contributed by atoms with Gasteiger partial charge in [0.25, 0.3) is 0 Å². The topological polar surface area (TPSA) is 86.1 Å². The van der Waals surface area contributed by atoms with Crippen LogP contribution in [0, 0.1) is 5.82 Å². The van der Waals surface area contributed by atoms with Gasteiger partial charge in [-0.05, 0) is 24.3 Å². The Morgan fingerprint density at radius 1 is 1.07 bits per heavy atom. The highest BCUT2D eigenvalue weighted by Gasteiger charge is 2.16. The van der Waals surface area contributed by atoms with Crippen LogP contribution in [0.4, 0.5) is 21.7 Å². The standard InChI is InChI=1S/C20H16FN7/c1-27-11-14(13-4-2-3-5-17(13)27)19-26-20(25-18-8-9-23-28(18)19)24-12-6-7-15(21)16(22)10-12/h2-11H,22H2,1H3,(H,24,25). The summed E-state index contributed by atoms with van der Waals surface area (Å²) >= 11 is 0. The Morgan fingerprint density at radius 3 is 2.79 bits per heavy atom. The average Bonchev–Trinajstić information content (AvgIpc) is 3.29. The fourth-order valence-corrected chi connectivity index (χ4v) is 3.33. The van der Waals surface area contributed by atoms with E-state index in [2.05, 4.69) is 37.1 Å². The van der Waals surface area contributed by atoms with Crippen molar-refractivity contribution >= 4 is 33.9 Å². The van der Waals surface area contributed by atoms with Crippen LogP contribution in [0.3, 0.4) is 0 Å². The van der Waals surface area contributed by atoms with E-state index in [1.807, 2.05) is 25.4 Å². The van der Waals surface area contributed by atoms with Crippen LogP contribution in [0.2, 0.25) is 0 Å². The molecule has 3 aromatic heterocycles. The van der Waals surface area contributed by atoms with Gasteiger partial charge >= 0.3 is 0 Å². The van der Waals surface area contributed by atoms with Crippen LogP contribution < -0.4 is 11.1 Å². The molecule has 5 rings (SSSR count). The van der Waals surface area contributed by atoms with E-state index in [1.165, 1.54) is 12.1 Å². The summed E-state index contributed by atoms with van der Waals surface area (Å²) in [4.78, 5) is 9.18. The van der Waals surface area contributed by atoms with Gasteiger partial charge in [-0.15, -0.1) is 0 Å². The van der Waals surface area contributed by atoms with Gasteiger partial charge in [-0.1, -0.05) is 18.2 Å². The Kier molecular flexibility index (Phi) is 3.51. The molecule has 0 radical (unpaired) electrons. The Bertz CT molecular complexity index is 1340. The Morgan fingerprint density at radius 2 is 1.93 bits per heavy atom. The predicted molar refractivity (Wildman–Crippen MR) is 107 cm³/mol. The van der Waals surface area contributed by atoms with Crippen molar-refractivity contribution < 1.29 is 4.39 Å². The van der Waals surface area contributed by atoms with E-state index in [4.69, 9.17) is 5.73 Å². The lowest BCUT2D eigenvalue weighted by Gasteiger charge is -2.09. The van der Waals surface area contributed by atoms with Gasteiger partial charge in [-0.25, -0.2) is 4.39 Å². The Balaban J connectivity index is 1.68. The van der Waals surface area contributed by atoms with Crippen LogP contribution in [-0.4, -0.2) is 24.1 Å². The van der Waals surface area contributed by atoms with Crippen molar-refractivity contribution in [2.45, 2.75) is 0 Å². The second-order valence-corrected chi connectivity index (χ2v) is 6.50. The fourth-order valence-electron chi connectivity index (χ4n) is 3.33. The van der Waals surface area contributed by atoms with Crippen molar-refractivity contribution in [3.8, 4) is 11.4 Å². The second-order valence-electron chi connectivity index (χ2n) is 6.50. The SMILES string of the molecule is Cn1cc(-c2nc(Nc3ccc(F)c(N)c3)nc3ccnn23)c2ccccc21. The normalized spacial score (nSPS) is 11.4. The highest BCUT2D eigenvalue weighted by Crippen LogP contribution is 2.30. The molecule has 0 aliphatic rings. The number of para-hydroxylation sites is 1. The molecule has 0 amide bonds. The van der Waals surface area contributed by atoms with Gasteiger partial charge in [0, 0.05) is 41.5 Å². The largest absolute Gasteiger partial charge is 0.396 e. The molecule has 3 N–H and O–H groups in total. The third kappa shape index (κ3) is 2.54. The molecule has 7 nitrogen and oxygen atoms in total. The first kappa shape index (κ1) is 16.2. The molecule has 3 heterocycles. The first-order chi connectivity index (χ1) is 13.6. The number of benzene rings is 2. The third-order valence-electron chi connectivity index (χ3n) is 4.65. The van der Waals surface area contributed by atoms with Gasteiger partial charge in [0.15, 0.2) is 11.5 Å². The van der Waals surface area contributed by atoms with Gasteiger partial charge in [-0.3, -0.25) is 0 Å². The van der Waals surface area contributed by atoms with Gasteiger partial charge in [0.2, 0.25) is 5.95 Å². The Labute approximate surface area is 159 Å². The monoisotopic (exact) mass is 373 g/mol. The van der Waals surface area contributed by atoms with Crippen LogP contribution in [0.15, 0.2) is 60.9 Å². The average molecular weight is 373 g/mol. The quantitative estimate of drug-likeness (QED) is 0.471. The van der Waals surface area contributed by atoms with E-state index in [1.54, 1.807) is 22.8 Å². The zero-order chi connectivity index (χ0) is 19.3. The number of aryl methyl sites for hydroxylation is 1. The maximum absolute atomic E-state index is 13.4. The van der Waals surface area contributed by atoms with Gasteiger partial charge in [0.05, 0.1) is 11.9 Å². The first-order valence-corrected chi connectivity index (χ1v) is 8.68. The number of halogens is 1. The van der Waals surface area contributed by atoms with Crippen molar-refractivity contribution in [3.05, 3.63) is 66.7 Å². The van der Waals surface area contributed by atoms with Gasteiger partial charge in [-0.2, -0.15) is 19.6 Å². The molecule has 0 aliphatic heterocycles. The number of nitrogens with two attached hydrogens (primary N) is 1. The van der Waals surface area contributed by atoms with E-state index >= 15 is 0 Å². The van der Waals surface area contributed by atoms with E-state index in [0.29, 0.717) is 23.1 Å². The van der Waals surface area contributed by atoms with E-state index < -0.39 is 5.82 Å². The van der Waals surface area contributed by atoms with Crippen molar-refractivity contribution in [2.75, 3.05) is 11.1 Å². The summed E-state index contributed by atoms with van der Waals surface area (Å²) in [7, 11) is 1.99. The summed E-state index contributed by atoms with van der Waals surface area (Å²) in [6.45, 7) is 0. The number of fused-ring (bicyclic) bond motifs is 2. The molecule has 0 unspecified atom stereocenters. The summed E-state index contributed by atoms with van der Waals surface area (Å²) in [5, 5.41) is 8.54. The maximum Gasteiger partial charge on any atom is 0.231 e. The molecule has 28 heavy (non-hydrogen) atoms. The minimum Gasteiger partial charge on any atom is -0.396 e. The molecule has 2 aromatic carbocycles. The predicted octanol–water partition coefficient (Wildman–Crippen LogP) is 3.75. The molecule has 0 saturated carbocycles. The van der Waals surface area contributed by atoms with Crippen LogP contribution in [0.1, 0.15) is 0 Å². The molecule has 8 heteroatoms. The maximum atomic E-state index is 13.4. The van der Waals surface area contributed by atoms with Crippen LogP contribution in [0.25, 0.3) is 27.9 Å². The zero-order valence-corrected chi connectivity index (χ0v) is 15.0. The number of nitrogens with one attached hydrogen (secondary N) is 1. The van der Waals surface area contributed by atoms with Crippen molar-refractivity contribution in [1.29, 1.82) is 0 Å². The third-order valence-corrected chi connectivity index (χ3v) is 4.65. The van der Waals surface area contributed by atoms with Gasteiger partial charge in [0.1, 0.15) is 5.82 Å². The molecule has 0 fully saturated rings. The molecule has 0 saturated heterocycles. The molecule has 0 bridgehead atoms. The molecular formula is C20H16FN7. The minimum atomic E-state index is -0.464. The van der Waals surface area contributed by atoms with Crippen LogP contribution in [-0.2, 0) is 7.05 Å². The summed E-state index contributed by atoms with van der Waals surface area (Å²) in [5.74, 6) is 0.570. The zero-order valence-electron chi connectivity index (χ0n) is 15.0. The lowest BCUT2D eigenvalue weighted by Crippen LogP contribution is -2.05. The fraction of sp³-hybridized carbons (Fsp3) is 0.0500. The smallest absolute Gasteiger partial charge is 0.231 e. The second kappa shape index (κ2) is 6.05. The number of rotatable bonds is 3. The Hall–Kier alpha value is -3.94. The number of hydrogen-bond acceptors (Lipinski definition) is 5. The minimum absolute atomic E-state index is 0.0599. The lowest BCUT2D eigenvalue weighted by atomic mass is 10.1. The summed E-state index contributed by atoms with van der Waals surface area (Å²) < 4.78 is 17.2. The van der Waals surface area contributed by atoms with E-state index in [9.17, 15) is 4.39 Å². The summed E-state index contributed by atoms with van der Waals surface area (Å²) in [6, 6.07) is 14.3. The van der Waals surface area contributed by atoms with Crippen LogP contribution >= 0.6 is 0 Å². The molecule has 0 atom stereocenters. The molecule has 0 spiro atoms. The summed E-state index contributed by atoms with van der Waals surface area (Å²) in [5.41, 5.74) is 9.01. The van der Waals surface area contributed by atoms with E-state index in [-0.39, 0.29) is 5.69 Å². The molecule has 138 valence electrons. The molecule has 5 aromatic rings. The number of anilines is 3. The number of aromatic nitrogens is 5. The van der Waals surface area contributed by atoms with Gasteiger partial charge < -0.3 is 15.6 Å². The van der Waals surface area contributed by atoms with Crippen molar-refractivity contribution in [3.63, 3.8) is 0 Å². The highest BCUT2D eigenvalue weighted by atomic mass is 19.1. The lowest BCUT2D eigenvalue weighted by molar-refractivity contribution is 0.632. The number of hydrogen-bond donors (Lipinski definition) is 2. The first-order valence-electron chi connectivity index (χ1n) is 8.68. The van der Waals surface area contributed by atoms with Crippen molar-refractivity contribution in [2.24, 2.45) is 7.05 Å². The van der Waals surface area contributed by atoms with Crippen LogP contribution in [0.5, 0.6) is 0 Å². The van der Waals surface area contributed by atoms with E-state index in [0.717, 1.165) is 16.5 Å². The number of nitrogens with zero attached hydrogens (tertiary/aromatic N) is 5. The number of nitrogen functional groups attached to an aromatic ring is 1. The molecule has 0 aliphatic carbocycles. The molecular weight excluding hydrogens is 357 g/mol. The summed E-state index contributed by atoms with van der Waals surface area (Å²) in [6.07, 6.45) is 3.70.